The zero-order valence-electron chi connectivity index (χ0n) is 11.0. The molecule has 1 atom stereocenters. The molecule has 0 aliphatic heterocycles. The van der Waals surface area contributed by atoms with Gasteiger partial charge in [0.25, 0.3) is 0 Å². The molecule has 0 aromatic rings. The van der Waals surface area contributed by atoms with Gasteiger partial charge in [0.05, 0.1) is 0 Å². The maximum absolute atomic E-state index is 11.4. The number of nitrogens with one attached hydrogen (secondary N) is 2. The van der Waals surface area contributed by atoms with E-state index in [1.807, 2.05) is 20.8 Å². The minimum absolute atomic E-state index is 0. The molecule has 1 amide bonds. The highest BCUT2D eigenvalue weighted by Gasteiger charge is 2.04. The third kappa shape index (κ3) is 11.7. The monoisotopic (exact) mass is 356 g/mol. The molecule has 6 heteroatoms. The van der Waals surface area contributed by atoms with E-state index in [0.717, 1.165) is 19.4 Å². The normalized spacial score (nSPS) is 12.5. The Bertz CT molecular complexity index is 234. The quantitative estimate of drug-likeness (QED) is 0.365. The minimum Gasteiger partial charge on any atom is -0.370 e. The van der Waals surface area contributed by atoms with Gasteiger partial charge in [-0.2, -0.15) is 0 Å². The first-order valence-electron chi connectivity index (χ1n) is 5.93. The van der Waals surface area contributed by atoms with Crippen molar-refractivity contribution in [3.05, 3.63) is 0 Å². The van der Waals surface area contributed by atoms with Crippen molar-refractivity contribution in [1.29, 1.82) is 0 Å². The number of amides is 1. The van der Waals surface area contributed by atoms with Crippen molar-refractivity contribution < 1.29 is 4.79 Å². The lowest BCUT2D eigenvalue weighted by atomic mass is 10.2. The standard InChI is InChI=1S/C11H24N4O.HI/c1-4-7-13-11(12)14-8-6-10(16)15-9(3)5-2;/h9H,4-8H2,1-3H3,(H,15,16)(H3,12,13,14);1H. The minimum atomic E-state index is 0. The van der Waals surface area contributed by atoms with Crippen LogP contribution in [0, 0.1) is 0 Å². The van der Waals surface area contributed by atoms with Crippen LogP contribution >= 0.6 is 24.0 Å². The van der Waals surface area contributed by atoms with Crippen LogP contribution in [0.4, 0.5) is 0 Å². The van der Waals surface area contributed by atoms with Crippen LogP contribution in [0.15, 0.2) is 4.99 Å². The summed E-state index contributed by atoms with van der Waals surface area (Å²) < 4.78 is 0. The van der Waals surface area contributed by atoms with Crippen LogP contribution in [0.5, 0.6) is 0 Å². The molecule has 0 saturated carbocycles. The number of nitrogens with zero attached hydrogens (tertiary/aromatic N) is 1. The van der Waals surface area contributed by atoms with E-state index in [0.29, 0.717) is 18.9 Å². The summed E-state index contributed by atoms with van der Waals surface area (Å²) in [6.07, 6.45) is 2.34. The summed E-state index contributed by atoms with van der Waals surface area (Å²) in [6.45, 7) is 7.32. The van der Waals surface area contributed by atoms with Crippen molar-refractivity contribution in [3.63, 3.8) is 0 Å². The molecule has 17 heavy (non-hydrogen) atoms. The van der Waals surface area contributed by atoms with Gasteiger partial charge in [-0.3, -0.25) is 9.79 Å². The van der Waals surface area contributed by atoms with E-state index in [1.54, 1.807) is 0 Å². The van der Waals surface area contributed by atoms with Crippen molar-refractivity contribution in [2.45, 2.75) is 46.1 Å². The largest absolute Gasteiger partial charge is 0.370 e. The predicted molar refractivity (Wildman–Crippen MR) is 82.7 cm³/mol. The number of halogens is 1. The topological polar surface area (TPSA) is 79.5 Å². The van der Waals surface area contributed by atoms with Crippen LogP contribution in [0.3, 0.4) is 0 Å². The molecule has 0 heterocycles. The van der Waals surface area contributed by atoms with Gasteiger partial charge < -0.3 is 16.4 Å². The lowest BCUT2D eigenvalue weighted by Gasteiger charge is -2.11. The Hall–Kier alpha value is -0.530. The Kier molecular flexibility index (Phi) is 13.2. The van der Waals surface area contributed by atoms with Crippen LogP contribution in [-0.4, -0.2) is 31.0 Å². The number of carbonyl (C=O) groups is 1. The van der Waals surface area contributed by atoms with Gasteiger partial charge >= 0.3 is 0 Å². The number of rotatable bonds is 7. The second kappa shape index (κ2) is 11.9. The lowest BCUT2D eigenvalue weighted by molar-refractivity contribution is -0.121. The van der Waals surface area contributed by atoms with Gasteiger partial charge in [0, 0.05) is 25.6 Å². The average Bonchev–Trinajstić information content (AvgIpc) is 2.26. The summed E-state index contributed by atoms with van der Waals surface area (Å²) in [5.41, 5.74) is 5.58. The second-order valence-corrected chi connectivity index (χ2v) is 3.82. The molecule has 0 spiro atoms. The fraction of sp³-hybridized carbons (Fsp3) is 0.818. The lowest BCUT2D eigenvalue weighted by Crippen LogP contribution is -2.37. The maximum Gasteiger partial charge on any atom is 0.221 e. The summed E-state index contributed by atoms with van der Waals surface area (Å²) in [4.78, 5) is 15.4. The van der Waals surface area contributed by atoms with Crippen molar-refractivity contribution in [1.82, 2.24) is 10.6 Å². The Morgan fingerprint density at radius 1 is 1.41 bits per heavy atom. The van der Waals surface area contributed by atoms with E-state index in [-0.39, 0.29) is 35.9 Å². The molecule has 0 fully saturated rings. The van der Waals surface area contributed by atoms with E-state index >= 15 is 0 Å². The highest BCUT2D eigenvalue weighted by Crippen LogP contribution is 1.88. The molecule has 0 radical (unpaired) electrons. The molecule has 0 aliphatic carbocycles. The Morgan fingerprint density at radius 2 is 2.06 bits per heavy atom. The van der Waals surface area contributed by atoms with Gasteiger partial charge in [-0.25, -0.2) is 0 Å². The van der Waals surface area contributed by atoms with Gasteiger partial charge in [0.15, 0.2) is 5.96 Å². The number of hydrogen-bond donors (Lipinski definition) is 3. The van der Waals surface area contributed by atoms with Crippen LogP contribution < -0.4 is 16.4 Å². The molecule has 0 aromatic heterocycles. The van der Waals surface area contributed by atoms with Crippen LogP contribution in [-0.2, 0) is 4.79 Å². The molecule has 4 N–H and O–H groups in total. The van der Waals surface area contributed by atoms with Gasteiger partial charge in [-0.1, -0.05) is 13.8 Å². The highest BCUT2D eigenvalue weighted by molar-refractivity contribution is 14.0. The van der Waals surface area contributed by atoms with E-state index in [4.69, 9.17) is 5.73 Å². The molecule has 0 aliphatic rings. The van der Waals surface area contributed by atoms with Crippen molar-refractivity contribution in [2.24, 2.45) is 10.7 Å². The smallest absolute Gasteiger partial charge is 0.221 e. The first-order chi connectivity index (χ1) is 7.60. The molecular formula is C11H25IN4O. The third-order valence-electron chi connectivity index (χ3n) is 2.18. The summed E-state index contributed by atoms with van der Waals surface area (Å²) >= 11 is 0. The summed E-state index contributed by atoms with van der Waals surface area (Å²) in [6, 6.07) is 0.235. The van der Waals surface area contributed by atoms with Gasteiger partial charge in [-0.15, -0.1) is 24.0 Å². The third-order valence-corrected chi connectivity index (χ3v) is 2.18. The van der Waals surface area contributed by atoms with Gasteiger partial charge in [-0.05, 0) is 19.8 Å². The molecule has 1 unspecified atom stereocenters. The molecular weight excluding hydrogens is 331 g/mol. The molecule has 0 aromatic carbocycles. The van der Waals surface area contributed by atoms with E-state index < -0.39 is 0 Å². The maximum atomic E-state index is 11.4. The summed E-state index contributed by atoms with van der Waals surface area (Å²) in [7, 11) is 0. The molecule has 102 valence electrons. The Labute approximate surface area is 121 Å². The fourth-order valence-electron chi connectivity index (χ4n) is 1.04. The zero-order valence-corrected chi connectivity index (χ0v) is 13.3. The number of aliphatic imine (C=N–C) groups is 1. The molecule has 5 nitrogen and oxygen atoms in total. The molecule has 0 bridgehead atoms. The Balaban J connectivity index is 0. The second-order valence-electron chi connectivity index (χ2n) is 3.82. The first kappa shape index (κ1) is 18.8. The van der Waals surface area contributed by atoms with Crippen molar-refractivity contribution >= 4 is 35.8 Å². The van der Waals surface area contributed by atoms with Crippen LogP contribution in [0.25, 0.3) is 0 Å². The van der Waals surface area contributed by atoms with Crippen molar-refractivity contribution in [3.8, 4) is 0 Å². The van der Waals surface area contributed by atoms with E-state index in [1.165, 1.54) is 0 Å². The first-order valence-corrected chi connectivity index (χ1v) is 5.93. The molecule has 0 saturated heterocycles. The van der Waals surface area contributed by atoms with Crippen LogP contribution in [0.2, 0.25) is 0 Å². The van der Waals surface area contributed by atoms with E-state index in [2.05, 4.69) is 15.6 Å². The highest BCUT2D eigenvalue weighted by atomic mass is 127. The number of nitrogens with two attached hydrogens (primary N) is 1. The summed E-state index contributed by atoms with van der Waals surface area (Å²) in [5.74, 6) is 0.461. The van der Waals surface area contributed by atoms with Crippen LogP contribution in [0.1, 0.15) is 40.0 Å². The predicted octanol–water partition coefficient (Wildman–Crippen LogP) is 1.22. The zero-order chi connectivity index (χ0) is 12.4. The average molecular weight is 356 g/mol. The summed E-state index contributed by atoms with van der Waals surface area (Å²) in [5, 5.41) is 5.79. The van der Waals surface area contributed by atoms with E-state index in [9.17, 15) is 4.79 Å². The number of carbonyl (C=O) groups excluding carboxylic acids is 1. The van der Waals surface area contributed by atoms with Crippen molar-refractivity contribution in [2.75, 3.05) is 13.1 Å². The SMILES string of the molecule is CCCN=C(N)NCCC(=O)NC(C)CC.I. The molecule has 0 rings (SSSR count). The van der Waals surface area contributed by atoms with Gasteiger partial charge in [0.2, 0.25) is 5.91 Å². The Morgan fingerprint density at radius 3 is 2.59 bits per heavy atom. The fourth-order valence-corrected chi connectivity index (χ4v) is 1.04. The number of hydrogen-bond acceptors (Lipinski definition) is 2. The van der Waals surface area contributed by atoms with Gasteiger partial charge in [0.1, 0.15) is 0 Å². The number of guanidine groups is 1.